The van der Waals surface area contributed by atoms with Gasteiger partial charge < -0.3 is 10.2 Å². The molecule has 1 aromatic carbocycles. The minimum Gasteiger partial charge on any atom is -0.351 e. The Morgan fingerprint density at radius 3 is 2.63 bits per heavy atom. The SMILES string of the molecule is CC1CN(c2ncccc2C(=O)NS(=O)(=O)c2cccc(Nc3ccc(Cl)cc3Cl)n2)C(C)(C)C1.[HH]. The third-order valence-electron chi connectivity index (χ3n) is 5.78. The second-order valence-electron chi connectivity index (χ2n) is 9.15. The number of aromatic nitrogens is 2. The highest BCUT2D eigenvalue weighted by Crippen LogP contribution is 2.37. The minimum absolute atomic E-state index is 0. The fourth-order valence-corrected chi connectivity index (χ4v) is 5.73. The molecule has 1 amide bonds. The molecule has 1 saturated heterocycles. The molecule has 1 unspecified atom stereocenters. The molecule has 1 atom stereocenters. The molecular formula is C24H27Cl2N5O3S. The lowest BCUT2D eigenvalue weighted by molar-refractivity contribution is 0.0981. The van der Waals surface area contributed by atoms with Gasteiger partial charge in [-0.25, -0.2) is 14.7 Å². The number of pyridine rings is 2. The maximum Gasteiger partial charge on any atom is 0.281 e. The molecule has 2 N–H and O–H groups in total. The van der Waals surface area contributed by atoms with E-state index in [-0.39, 0.29) is 23.4 Å². The van der Waals surface area contributed by atoms with Gasteiger partial charge in [-0.1, -0.05) is 36.2 Å². The highest BCUT2D eigenvalue weighted by Gasteiger charge is 2.39. The van der Waals surface area contributed by atoms with Gasteiger partial charge in [0.25, 0.3) is 15.9 Å². The summed E-state index contributed by atoms with van der Waals surface area (Å²) in [6.45, 7) is 7.02. The van der Waals surface area contributed by atoms with Crippen molar-refractivity contribution >= 4 is 56.5 Å². The second-order valence-corrected chi connectivity index (χ2v) is 11.6. The lowest BCUT2D eigenvalue weighted by Crippen LogP contribution is -2.41. The van der Waals surface area contributed by atoms with Crippen LogP contribution in [0.4, 0.5) is 17.3 Å². The zero-order valence-corrected chi connectivity index (χ0v) is 21.7. The predicted molar refractivity (Wildman–Crippen MR) is 140 cm³/mol. The first-order valence-corrected chi connectivity index (χ1v) is 13.2. The number of halogens is 2. The summed E-state index contributed by atoms with van der Waals surface area (Å²) in [5.74, 6) is 0.333. The third-order valence-corrected chi connectivity index (χ3v) is 7.56. The van der Waals surface area contributed by atoms with Crippen molar-refractivity contribution in [2.75, 3.05) is 16.8 Å². The van der Waals surface area contributed by atoms with Crippen LogP contribution in [0.1, 0.15) is 39.0 Å². The van der Waals surface area contributed by atoms with Gasteiger partial charge in [0.1, 0.15) is 11.6 Å². The number of sulfonamides is 1. The van der Waals surface area contributed by atoms with Crippen molar-refractivity contribution in [3.05, 3.63) is 70.3 Å². The molecule has 0 radical (unpaired) electrons. The van der Waals surface area contributed by atoms with E-state index in [0.29, 0.717) is 27.5 Å². The van der Waals surface area contributed by atoms with Crippen LogP contribution in [0.15, 0.2) is 59.8 Å². The van der Waals surface area contributed by atoms with Gasteiger partial charge in [0.05, 0.1) is 16.3 Å². The summed E-state index contributed by atoms with van der Waals surface area (Å²) in [5.41, 5.74) is 0.469. The summed E-state index contributed by atoms with van der Waals surface area (Å²) in [5, 5.41) is 3.46. The summed E-state index contributed by atoms with van der Waals surface area (Å²) in [4.78, 5) is 23.7. The van der Waals surface area contributed by atoms with E-state index >= 15 is 0 Å². The van der Waals surface area contributed by atoms with E-state index < -0.39 is 15.9 Å². The first-order valence-electron chi connectivity index (χ1n) is 11.0. The van der Waals surface area contributed by atoms with E-state index in [1.165, 1.54) is 12.1 Å². The number of anilines is 3. The zero-order chi connectivity index (χ0) is 25.4. The van der Waals surface area contributed by atoms with Crippen LogP contribution in [0.5, 0.6) is 0 Å². The molecule has 1 aliphatic rings. The first-order chi connectivity index (χ1) is 16.5. The van der Waals surface area contributed by atoms with E-state index in [1.54, 1.807) is 42.6 Å². The van der Waals surface area contributed by atoms with Crippen molar-refractivity contribution in [2.24, 2.45) is 5.92 Å². The third kappa shape index (κ3) is 5.52. The molecule has 0 aliphatic carbocycles. The smallest absolute Gasteiger partial charge is 0.281 e. The fourth-order valence-electron chi connectivity index (χ4n) is 4.34. The van der Waals surface area contributed by atoms with Crippen LogP contribution in [0, 0.1) is 5.92 Å². The first kappa shape index (κ1) is 25.2. The van der Waals surface area contributed by atoms with Gasteiger partial charge in [-0.05, 0) is 68.7 Å². The topological polar surface area (TPSA) is 104 Å². The van der Waals surface area contributed by atoms with Gasteiger partial charge >= 0.3 is 0 Å². The molecule has 0 bridgehead atoms. The number of carbonyl (C=O) groups is 1. The number of nitrogens with zero attached hydrogens (tertiary/aromatic N) is 3. The Bertz CT molecular complexity index is 1390. The fraction of sp³-hybridized carbons (Fsp3) is 0.292. The highest BCUT2D eigenvalue weighted by molar-refractivity contribution is 7.90. The van der Waals surface area contributed by atoms with Crippen molar-refractivity contribution < 1.29 is 14.6 Å². The molecule has 0 spiro atoms. The Balaban J connectivity index is 0.00000361. The molecule has 3 heterocycles. The van der Waals surface area contributed by atoms with Gasteiger partial charge in [-0.15, -0.1) is 0 Å². The number of rotatable bonds is 6. The number of amides is 1. The summed E-state index contributed by atoms with van der Waals surface area (Å²) in [6.07, 6.45) is 2.53. The summed E-state index contributed by atoms with van der Waals surface area (Å²) in [7, 11) is -4.27. The Kier molecular flexibility index (Phi) is 6.95. The quantitative estimate of drug-likeness (QED) is 0.428. The summed E-state index contributed by atoms with van der Waals surface area (Å²) >= 11 is 12.1. The monoisotopic (exact) mass is 535 g/mol. The van der Waals surface area contributed by atoms with Crippen molar-refractivity contribution in [3.8, 4) is 0 Å². The van der Waals surface area contributed by atoms with Crippen LogP contribution in [0.2, 0.25) is 10.0 Å². The van der Waals surface area contributed by atoms with E-state index in [0.717, 1.165) is 13.0 Å². The molecule has 3 aromatic rings. The summed E-state index contributed by atoms with van der Waals surface area (Å²) < 4.78 is 28.2. The lowest BCUT2D eigenvalue weighted by atomic mass is 9.97. The van der Waals surface area contributed by atoms with Gasteiger partial charge in [0, 0.05) is 24.7 Å². The van der Waals surface area contributed by atoms with E-state index in [1.807, 2.05) is 0 Å². The van der Waals surface area contributed by atoms with Crippen molar-refractivity contribution in [2.45, 2.75) is 37.8 Å². The van der Waals surface area contributed by atoms with Crippen molar-refractivity contribution in [3.63, 3.8) is 0 Å². The van der Waals surface area contributed by atoms with Gasteiger partial charge in [-0.3, -0.25) is 4.79 Å². The van der Waals surface area contributed by atoms with E-state index in [2.05, 4.69) is 45.7 Å². The number of benzene rings is 1. The molecule has 35 heavy (non-hydrogen) atoms. The normalized spacial score (nSPS) is 17.3. The minimum atomic E-state index is -4.27. The number of nitrogens with one attached hydrogen (secondary N) is 2. The molecule has 1 aliphatic heterocycles. The maximum absolute atomic E-state index is 13.1. The average Bonchev–Trinajstić information content (AvgIpc) is 3.07. The molecule has 11 heteroatoms. The largest absolute Gasteiger partial charge is 0.351 e. The molecule has 186 valence electrons. The molecule has 2 aromatic heterocycles. The van der Waals surface area contributed by atoms with Crippen LogP contribution >= 0.6 is 23.2 Å². The van der Waals surface area contributed by atoms with Crippen LogP contribution in [-0.2, 0) is 10.0 Å². The standard InChI is InChI=1S/C24H25Cl2N5O3S.H2/c1-15-13-24(2,3)31(14-15)22-17(6-5-11-27-22)23(32)30-35(33,34)21-8-4-7-20(29-21)28-19-10-9-16(25)12-18(19)26;/h4-12,15H,13-14H2,1-3H3,(H,28,29)(H,30,32);1H. The Morgan fingerprint density at radius 2 is 1.94 bits per heavy atom. The van der Waals surface area contributed by atoms with Crippen LogP contribution in [0.25, 0.3) is 0 Å². The number of hydrogen-bond donors (Lipinski definition) is 2. The number of carbonyl (C=O) groups excluding carboxylic acids is 1. The zero-order valence-electron chi connectivity index (χ0n) is 19.4. The molecular weight excluding hydrogens is 509 g/mol. The Morgan fingerprint density at radius 1 is 1.17 bits per heavy atom. The van der Waals surface area contributed by atoms with Gasteiger partial charge in [-0.2, -0.15) is 8.42 Å². The Labute approximate surface area is 216 Å². The maximum atomic E-state index is 13.1. The van der Waals surface area contributed by atoms with Crippen LogP contribution in [-0.4, -0.2) is 36.4 Å². The Hall–Kier alpha value is -2.88. The molecule has 1 fully saturated rings. The van der Waals surface area contributed by atoms with E-state index in [4.69, 9.17) is 23.2 Å². The van der Waals surface area contributed by atoms with E-state index in [9.17, 15) is 13.2 Å². The van der Waals surface area contributed by atoms with Gasteiger partial charge in [0.2, 0.25) is 0 Å². The van der Waals surface area contributed by atoms with Crippen LogP contribution in [0.3, 0.4) is 0 Å². The molecule has 8 nitrogen and oxygen atoms in total. The van der Waals surface area contributed by atoms with Crippen LogP contribution < -0.4 is 14.9 Å². The van der Waals surface area contributed by atoms with Gasteiger partial charge in [0.15, 0.2) is 5.03 Å². The predicted octanol–water partition coefficient (Wildman–Crippen LogP) is 5.52. The van der Waals surface area contributed by atoms with Crippen molar-refractivity contribution in [1.29, 1.82) is 0 Å². The highest BCUT2D eigenvalue weighted by atomic mass is 35.5. The van der Waals surface area contributed by atoms with Crippen molar-refractivity contribution in [1.82, 2.24) is 14.7 Å². The lowest BCUT2D eigenvalue weighted by Gasteiger charge is -2.33. The number of hydrogen-bond acceptors (Lipinski definition) is 7. The summed E-state index contributed by atoms with van der Waals surface area (Å²) in [6, 6.07) is 12.4. The molecule has 0 saturated carbocycles. The molecule has 4 rings (SSSR count). The second kappa shape index (κ2) is 9.64. The average molecular weight is 536 g/mol.